The first-order valence-corrected chi connectivity index (χ1v) is 10.9. The minimum Gasteiger partial charge on any atom is -0.348 e. The van der Waals surface area contributed by atoms with Gasteiger partial charge >= 0.3 is 0 Å². The van der Waals surface area contributed by atoms with Gasteiger partial charge in [0.15, 0.2) is 5.13 Å². The van der Waals surface area contributed by atoms with Gasteiger partial charge in [0.05, 0.1) is 21.3 Å². The molecule has 0 aliphatic carbocycles. The molecule has 0 radical (unpaired) electrons. The molecule has 2 N–H and O–H groups in total. The maximum absolute atomic E-state index is 12.7. The minimum absolute atomic E-state index is 0.0552. The number of benzene rings is 2. The van der Waals surface area contributed by atoms with E-state index in [-0.39, 0.29) is 11.9 Å². The number of aromatic nitrogens is 3. The molecule has 5 rings (SSSR count). The number of nitrogens with one attached hydrogen (secondary N) is 2. The second-order valence-electron chi connectivity index (χ2n) is 7.68. The summed E-state index contributed by atoms with van der Waals surface area (Å²) in [6.45, 7) is 1.90. The number of hydrogen-bond donors (Lipinski definition) is 2. The van der Waals surface area contributed by atoms with Gasteiger partial charge in [-0.05, 0) is 56.4 Å². The Morgan fingerprint density at radius 2 is 2.03 bits per heavy atom. The van der Waals surface area contributed by atoms with Crippen LogP contribution in [0.3, 0.4) is 0 Å². The molecule has 1 atom stereocenters. The van der Waals surface area contributed by atoms with Gasteiger partial charge in [-0.1, -0.05) is 22.9 Å². The topological polar surface area (TPSA) is 75.1 Å². The van der Waals surface area contributed by atoms with Crippen LogP contribution < -0.4 is 10.6 Å². The van der Waals surface area contributed by atoms with Gasteiger partial charge < -0.3 is 20.1 Å². The molecule has 0 unspecified atom stereocenters. The van der Waals surface area contributed by atoms with Crippen LogP contribution in [0.4, 0.5) is 11.1 Å². The Labute approximate surface area is 182 Å². The molecule has 2 aromatic carbocycles. The molecule has 2 aromatic heterocycles. The van der Waals surface area contributed by atoms with Gasteiger partial charge in [0.1, 0.15) is 0 Å². The number of aryl methyl sites for hydroxylation is 1. The zero-order valence-electron chi connectivity index (χ0n) is 16.6. The van der Waals surface area contributed by atoms with Crippen LogP contribution in [-0.4, -0.2) is 51.5 Å². The second kappa shape index (κ2) is 7.54. The first kappa shape index (κ1) is 19.3. The number of amides is 1. The van der Waals surface area contributed by atoms with E-state index in [9.17, 15) is 4.79 Å². The predicted octanol–water partition coefficient (Wildman–Crippen LogP) is 4.01. The average molecular weight is 441 g/mol. The SMILES string of the molecule is CN1CC[C@H](NC(=O)c2ccc3c(c2)nc(Nc2nc4ccc(Cl)cc4s2)n3C)C1. The number of carbonyl (C=O) groups is 1. The van der Waals surface area contributed by atoms with Crippen LogP contribution in [0.1, 0.15) is 16.8 Å². The van der Waals surface area contributed by atoms with E-state index in [0.717, 1.165) is 45.9 Å². The number of nitrogens with zero attached hydrogens (tertiary/aromatic N) is 4. The third-order valence-corrected chi connectivity index (χ3v) is 6.61. The maximum atomic E-state index is 12.7. The van der Waals surface area contributed by atoms with E-state index in [1.165, 1.54) is 11.3 Å². The van der Waals surface area contributed by atoms with Crippen molar-refractivity contribution in [2.24, 2.45) is 7.05 Å². The normalized spacial score (nSPS) is 17.1. The quantitative estimate of drug-likeness (QED) is 0.501. The number of fused-ring (bicyclic) bond motifs is 2. The summed E-state index contributed by atoms with van der Waals surface area (Å²) in [4.78, 5) is 24.2. The number of halogens is 1. The Bertz CT molecular complexity index is 1270. The lowest BCUT2D eigenvalue weighted by atomic mass is 10.1. The summed E-state index contributed by atoms with van der Waals surface area (Å²) in [6, 6.07) is 11.5. The van der Waals surface area contributed by atoms with Crippen LogP contribution >= 0.6 is 22.9 Å². The van der Waals surface area contributed by atoms with Gasteiger partial charge in [-0.3, -0.25) is 4.79 Å². The summed E-state index contributed by atoms with van der Waals surface area (Å²) in [6.07, 6.45) is 0.982. The molecule has 1 saturated heterocycles. The lowest BCUT2D eigenvalue weighted by Gasteiger charge is -2.12. The van der Waals surface area contributed by atoms with Crippen LogP contribution in [0.25, 0.3) is 21.3 Å². The zero-order chi connectivity index (χ0) is 20.8. The van der Waals surface area contributed by atoms with Crippen LogP contribution in [-0.2, 0) is 7.05 Å². The summed E-state index contributed by atoms with van der Waals surface area (Å²) in [5.74, 6) is 0.616. The highest BCUT2D eigenvalue weighted by Gasteiger charge is 2.22. The summed E-state index contributed by atoms with van der Waals surface area (Å²) in [7, 11) is 4.01. The largest absolute Gasteiger partial charge is 0.348 e. The number of likely N-dealkylation sites (N-methyl/N-ethyl adjacent to an activating group) is 1. The van der Waals surface area contributed by atoms with Crippen molar-refractivity contribution >= 4 is 61.2 Å². The Hall–Kier alpha value is -2.68. The molecule has 1 aliphatic rings. The summed E-state index contributed by atoms with van der Waals surface area (Å²) in [5.41, 5.74) is 3.22. The van der Waals surface area contributed by atoms with Crippen LogP contribution in [0.5, 0.6) is 0 Å². The molecule has 1 amide bonds. The number of anilines is 2. The second-order valence-corrected chi connectivity index (χ2v) is 9.14. The first-order chi connectivity index (χ1) is 14.5. The summed E-state index contributed by atoms with van der Waals surface area (Å²) >= 11 is 7.60. The van der Waals surface area contributed by atoms with Gasteiger partial charge in [0, 0.05) is 30.2 Å². The van der Waals surface area contributed by atoms with Crippen molar-refractivity contribution in [1.82, 2.24) is 24.8 Å². The molecular formula is C21H21ClN6OS. The van der Waals surface area contributed by atoms with Gasteiger partial charge in [-0.25, -0.2) is 9.97 Å². The van der Waals surface area contributed by atoms with Crippen LogP contribution in [0, 0.1) is 0 Å². The molecule has 154 valence electrons. The molecule has 0 bridgehead atoms. The van der Waals surface area contributed by atoms with E-state index in [1.807, 2.05) is 48.0 Å². The average Bonchev–Trinajstić information content (AvgIpc) is 3.39. The monoisotopic (exact) mass is 440 g/mol. The maximum Gasteiger partial charge on any atom is 0.251 e. The third kappa shape index (κ3) is 3.62. The van der Waals surface area contributed by atoms with Crippen molar-refractivity contribution in [2.75, 3.05) is 25.5 Å². The molecule has 1 fully saturated rings. The molecule has 9 heteroatoms. The Morgan fingerprint density at radius 1 is 1.17 bits per heavy atom. The molecule has 1 aliphatic heterocycles. The number of carbonyl (C=O) groups excluding carboxylic acids is 1. The summed E-state index contributed by atoms with van der Waals surface area (Å²) < 4.78 is 2.97. The van der Waals surface area contributed by atoms with E-state index in [4.69, 9.17) is 11.6 Å². The molecule has 0 spiro atoms. The highest BCUT2D eigenvalue weighted by atomic mass is 35.5. The number of likely N-dealkylation sites (tertiary alicyclic amines) is 1. The molecule has 3 heterocycles. The highest BCUT2D eigenvalue weighted by molar-refractivity contribution is 7.22. The van der Waals surface area contributed by atoms with Crippen molar-refractivity contribution < 1.29 is 4.79 Å². The van der Waals surface area contributed by atoms with Gasteiger partial charge in [0.2, 0.25) is 5.95 Å². The van der Waals surface area contributed by atoms with Crippen molar-refractivity contribution in [3.8, 4) is 0 Å². The Morgan fingerprint density at radius 3 is 2.83 bits per heavy atom. The fraction of sp³-hybridized carbons (Fsp3) is 0.286. The molecule has 0 saturated carbocycles. The molecule has 7 nitrogen and oxygen atoms in total. The van der Waals surface area contributed by atoms with E-state index in [0.29, 0.717) is 16.5 Å². The van der Waals surface area contributed by atoms with Crippen molar-refractivity contribution in [3.63, 3.8) is 0 Å². The van der Waals surface area contributed by atoms with E-state index in [2.05, 4.69) is 32.5 Å². The lowest BCUT2D eigenvalue weighted by Crippen LogP contribution is -2.36. The minimum atomic E-state index is -0.0552. The van der Waals surface area contributed by atoms with Crippen molar-refractivity contribution in [3.05, 3.63) is 47.0 Å². The molecule has 30 heavy (non-hydrogen) atoms. The highest BCUT2D eigenvalue weighted by Crippen LogP contribution is 2.31. The van der Waals surface area contributed by atoms with E-state index >= 15 is 0 Å². The smallest absolute Gasteiger partial charge is 0.251 e. The fourth-order valence-corrected chi connectivity index (χ4v) is 4.96. The Balaban J connectivity index is 1.39. The third-order valence-electron chi connectivity index (χ3n) is 5.44. The predicted molar refractivity (Wildman–Crippen MR) is 122 cm³/mol. The standard InChI is InChI=1S/C21H21ClN6OS/c1-27-8-7-14(11-27)23-19(29)12-3-6-17-16(9-12)24-20(28(17)2)26-21-25-15-5-4-13(22)10-18(15)30-21/h3-6,9-10,14H,7-8,11H2,1-2H3,(H,23,29)(H,24,25,26)/t14-/m0/s1. The summed E-state index contributed by atoms with van der Waals surface area (Å²) in [5, 5.41) is 7.85. The number of hydrogen-bond acceptors (Lipinski definition) is 6. The molecular weight excluding hydrogens is 420 g/mol. The van der Waals surface area contributed by atoms with Crippen LogP contribution in [0.2, 0.25) is 5.02 Å². The molecule has 4 aromatic rings. The first-order valence-electron chi connectivity index (χ1n) is 9.75. The van der Waals surface area contributed by atoms with E-state index < -0.39 is 0 Å². The number of imidazole rings is 1. The van der Waals surface area contributed by atoms with Crippen molar-refractivity contribution in [2.45, 2.75) is 12.5 Å². The number of rotatable bonds is 4. The number of thiazole rings is 1. The lowest BCUT2D eigenvalue weighted by molar-refractivity contribution is 0.0938. The zero-order valence-corrected chi connectivity index (χ0v) is 18.2. The van der Waals surface area contributed by atoms with Gasteiger partial charge in [-0.2, -0.15) is 0 Å². The Kier molecular flexibility index (Phi) is 4.85. The fourth-order valence-electron chi connectivity index (χ4n) is 3.82. The van der Waals surface area contributed by atoms with Gasteiger partial charge in [0.25, 0.3) is 5.91 Å². The van der Waals surface area contributed by atoms with Crippen LogP contribution in [0.15, 0.2) is 36.4 Å². The van der Waals surface area contributed by atoms with Crippen molar-refractivity contribution in [1.29, 1.82) is 0 Å². The van der Waals surface area contributed by atoms with Gasteiger partial charge in [-0.15, -0.1) is 0 Å². The van der Waals surface area contributed by atoms with E-state index in [1.54, 1.807) is 0 Å².